The Hall–Kier alpha value is -0.0800. The smallest absolute Gasteiger partial charge is 0.0333 e. The Morgan fingerprint density at radius 3 is 2.36 bits per heavy atom. The number of nitrogens with two attached hydrogens (primary N) is 1. The zero-order valence-electron chi connectivity index (χ0n) is 7.34. The lowest BCUT2D eigenvalue weighted by Crippen LogP contribution is -2.49. The van der Waals surface area contributed by atoms with Crippen LogP contribution in [0.15, 0.2) is 0 Å². The quantitative estimate of drug-likeness (QED) is 0.656. The molecular formula is C9H18N2. The maximum Gasteiger partial charge on any atom is 0.0333 e. The summed E-state index contributed by atoms with van der Waals surface area (Å²) < 4.78 is 0. The van der Waals surface area contributed by atoms with Crippen molar-refractivity contribution in [2.75, 3.05) is 13.6 Å². The van der Waals surface area contributed by atoms with Gasteiger partial charge in [0, 0.05) is 18.1 Å². The highest BCUT2D eigenvalue weighted by Crippen LogP contribution is 2.43. The van der Waals surface area contributed by atoms with Gasteiger partial charge in [-0.2, -0.15) is 0 Å². The van der Waals surface area contributed by atoms with Gasteiger partial charge in [0.05, 0.1) is 0 Å². The molecule has 0 atom stereocenters. The van der Waals surface area contributed by atoms with Crippen molar-refractivity contribution >= 4 is 0 Å². The lowest BCUT2D eigenvalue weighted by atomic mass is 9.90. The maximum atomic E-state index is 5.74. The van der Waals surface area contributed by atoms with Crippen molar-refractivity contribution in [2.45, 2.75) is 43.7 Å². The van der Waals surface area contributed by atoms with E-state index in [0.717, 1.165) is 12.6 Å². The van der Waals surface area contributed by atoms with Crippen LogP contribution in [-0.4, -0.2) is 30.1 Å². The molecule has 2 heteroatoms. The second-order valence-corrected chi connectivity index (χ2v) is 4.12. The largest absolute Gasteiger partial charge is 0.329 e. The van der Waals surface area contributed by atoms with Gasteiger partial charge in [-0.1, -0.05) is 6.42 Å². The third-order valence-electron chi connectivity index (χ3n) is 3.58. The molecule has 0 aromatic heterocycles. The molecule has 2 aliphatic rings. The molecule has 2 rings (SSSR count). The molecule has 11 heavy (non-hydrogen) atoms. The monoisotopic (exact) mass is 154 g/mol. The lowest BCUT2D eigenvalue weighted by Gasteiger charge is -2.40. The lowest BCUT2D eigenvalue weighted by molar-refractivity contribution is 0.0996. The molecule has 64 valence electrons. The normalized spacial score (nSPS) is 28.6. The molecule has 2 aliphatic carbocycles. The number of hydrogen-bond acceptors (Lipinski definition) is 2. The maximum absolute atomic E-state index is 5.74. The van der Waals surface area contributed by atoms with E-state index in [2.05, 4.69) is 11.9 Å². The standard InChI is InChI=1S/C9H18N2/c1-11(8-3-2-4-8)9(7-10)5-6-9/h8H,2-7,10H2,1H3. The molecule has 0 spiro atoms. The van der Waals surface area contributed by atoms with Crippen LogP contribution < -0.4 is 5.73 Å². The molecule has 0 aromatic rings. The molecule has 0 aromatic carbocycles. The molecule has 0 heterocycles. The first-order chi connectivity index (χ1) is 5.28. The van der Waals surface area contributed by atoms with Crippen LogP contribution in [0.25, 0.3) is 0 Å². The summed E-state index contributed by atoms with van der Waals surface area (Å²) in [7, 11) is 2.25. The average molecular weight is 154 g/mol. The molecule has 0 amide bonds. The van der Waals surface area contributed by atoms with E-state index in [1.807, 2.05) is 0 Å². The van der Waals surface area contributed by atoms with Crippen molar-refractivity contribution in [3.8, 4) is 0 Å². The fourth-order valence-electron chi connectivity index (χ4n) is 2.01. The van der Waals surface area contributed by atoms with Crippen LogP contribution in [0, 0.1) is 0 Å². The summed E-state index contributed by atoms with van der Waals surface area (Å²) in [5, 5.41) is 0. The van der Waals surface area contributed by atoms with Crippen molar-refractivity contribution in [2.24, 2.45) is 5.73 Å². The van der Waals surface area contributed by atoms with E-state index < -0.39 is 0 Å². The van der Waals surface area contributed by atoms with E-state index in [1.165, 1.54) is 32.1 Å². The van der Waals surface area contributed by atoms with Crippen LogP contribution in [0.2, 0.25) is 0 Å². The topological polar surface area (TPSA) is 29.3 Å². The van der Waals surface area contributed by atoms with Crippen LogP contribution in [0.4, 0.5) is 0 Å². The van der Waals surface area contributed by atoms with Crippen LogP contribution in [0.5, 0.6) is 0 Å². The van der Waals surface area contributed by atoms with E-state index in [1.54, 1.807) is 0 Å². The molecule has 2 nitrogen and oxygen atoms in total. The fourth-order valence-corrected chi connectivity index (χ4v) is 2.01. The van der Waals surface area contributed by atoms with E-state index in [9.17, 15) is 0 Å². The Balaban J connectivity index is 1.92. The van der Waals surface area contributed by atoms with Gasteiger partial charge in [-0.15, -0.1) is 0 Å². The minimum absolute atomic E-state index is 0.436. The molecule has 0 bridgehead atoms. The van der Waals surface area contributed by atoms with Gasteiger partial charge >= 0.3 is 0 Å². The third-order valence-corrected chi connectivity index (χ3v) is 3.58. The molecule has 0 aliphatic heterocycles. The van der Waals surface area contributed by atoms with Crippen LogP contribution >= 0.6 is 0 Å². The molecule has 2 fully saturated rings. The molecule has 2 N–H and O–H groups in total. The first-order valence-corrected chi connectivity index (χ1v) is 4.71. The first-order valence-electron chi connectivity index (χ1n) is 4.71. The van der Waals surface area contributed by atoms with Crippen LogP contribution in [-0.2, 0) is 0 Å². The first kappa shape index (κ1) is 7.56. The van der Waals surface area contributed by atoms with E-state index in [0.29, 0.717) is 5.54 Å². The molecule has 0 radical (unpaired) electrons. The Morgan fingerprint density at radius 1 is 1.45 bits per heavy atom. The highest BCUT2D eigenvalue weighted by Gasteiger charge is 2.48. The number of rotatable bonds is 3. The van der Waals surface area contributed by atoms with Crippen molar-refractivity contribution in [3.63, 3.8) is 0 Å². The summed E-state index contributed by atoms with van der Waals surface area (Å²) in [5.74, 6) is 0. The SMILES string of the molecule is CN(C1CCC1)C1(CN)CC1. The summed E-state index contributed by atoms with van der Waals surface area (Å²) in [4.78, 5) is 2.54. The second-order valence-electron chi connectivity index (χ2n) is 4.12. The molecule has 0 unspecified atom stereocenters. The van der Waals surface area contributed by atoms with Gasteiger partial charge in [0.15, 0.2) is 0 Å². The Kier molecular flexibility index (Phi) is 1.69. The van der Waals surface area contributed by atoms with Crippen molar-refractivity contribution in [3.05, 3.63) is 0 Å². The Bertz CT molecular complexity index is 148. The summed E-state index contributed by atoms with van der Waals surface area (Å²) in [6.07, 6.45) is 6.89. The number of likely N-dealkylation sites (N-methyl/N-ethyl adjacent to an activating group) is 1. The predicted octanol–water partition coefficient (Wildman–Crippen LogP) is 0.962. The fraction of sp³-hybridized carbons (Fsp3) is 1.00. The van der Waals surface area contributed by atoms with E-state index >= 15 is 0 Å². The zero-order chi connectivity index (χ0) is 7.90. The summed E-state index contributed by atoms with van der Waals surface area (Å²) in [5.41, 5.74) is 6.18. The number of hydrogen-bond donors (Lipinski definition) is 1. The van der Waals surface area contributed by atoms with Gasteiger partial charge in [-0.25, -0.2) is 0 Å². The third kappa shape index (κ3) is 1.09. The van der Waals surface area contributed by atoms with Gasteiger partial charge in [-0.3, -0.25) is 4.90 Å². The minimum Gasteiger partial charge on any atom is -0.329 e. The number of nitrogens with zero attached hydrogens (tertiary/aromatic N) is 1. The van der Waals surface area contributed by atoms with E-state index in [4.69, 9.17) is 5.73 Å². The second kappa shape index (κ2) is 2.46. The zero-order valence-corrected chi connectivity index (χ0v) is 7.34. The summed E-state index contributed by atoms with van der Waals surface area (Å²) in [6.45, 7) is 0.861. The molecular weight excluding hydrogens is 136 g/mol. The average Bonchev–Trinajstić information content (AvgIpc) is 2.63. The predicted molar refractivity (Wildman–Crippen MR) is 46.4 cm³/mol. The highest BCUT2D eigenvalue weighted by molar-refractivity contribution is 5.06. The van der Waals surface area contributed by atoms with Gasteiger partial charge in [0.2, 0.25) is 0 Å². The van der Waals surface area contributed by atoms with E-state index in [-0.39, 0.29) is 0 Å². The Labute approximate surface area is 68.7 Å². The van der Waals surface area contributed by atoms with Crippen molar-refractivity contribution < 1.29 is 0 Å². The Morgan fingerprint density at radius 2 is 2.09 bits per heavy atom. The minimum atomic E-state index is 0.436. The van der Waals surface area contributed by atoms with Crippen LogP contribution in [0.3, 0.4) is 0 Å². The van der Waals surface area contributed by atoms with Crippen molar-refractivity contribution in [1.29, 1.82) is 0 Å². The van der Waals surface area contributed by atoms with Crippen LogP contribution in [0.1, 0.15) is 32.1 Å². The van der Waals surface area contributed by atoms with Gasteiger partial charge in [0.25, 0.3) is 0 Å². The highest BCUT2D eigenvalue weighted by atomic mass is 15.2. The molecule has 2 saturated carbocycles. The molecule has 0 saturated heterocycles. The van der Waals surface area contributed by atoms with Gasteiger partial charge in [0.1, 0.15) is 0 Å². The van der Waals surface area contributed by atoms with Crippen molar-refractivity contribution in [1.82, 2.24) is 4.90 Å². The van der Waals surface area contributed by atoms with Gasteiger partial charge < -0.3 is 5.73 Å². The summed E-state index contributed by atoms with van der Waals surface area (Å²) >= 11 is 0. The van der Waals surface area contributed by atoms with Gasteiger partial charge in [-0.05, 0) is 32.7 Å². The summed E-state index contributed by atoms with van der Waals surface area (Å²) in [6, 6.07) is 0.862.